The molecule has 19 heavy (non-hydrogen) atoms. The molecule has 0 aliphatic rings. The molecule has 98 valence electrons. The number of aromatic nitrogens is 5. The van der Waals surface area contributed by atoms with Crippen LogP contribution in [0.3, 0.4) is 0 Å². The van der Waals surface area contributed by atoms with Crippen LogP contribution in [0.1, 0.15) is 5.89 Å². The second kappa shape index (κ2) is 4.42. The van der Waals surface area contributed by atoms with Crippen LogP contribution < -0.4 is 5.56 Å². The molecule has 0 aliphatic heterocycles. The standard InChI is InChI=1S/C10H9N5O2S2/c1-4-13-14-7(17-4)6-12-8-5(9(16)15(6)2)11-10(18-3)19-8/h1-3H3. The molecule has 3 heterocycles. The second-order valence-corrected chi connectivity index (χ2v) is 5.79. The molecule has 0 aromatic carbocycles. The molecule has 0 N–H and O–H groups in total. The van der Waals surface area contributed by atoms with E-state index < -0.39 is 0 Å². The van der Waals surface area contributed by atoms with Gasteiger partial charge >= 0.3 is 0 Å². The summed E-state index contributed by atoms with van der Waals surface area (Å²) in [4.78, 5) is 21.5. The fourth-order valence-electron chi connectivity index (χ4n) is 1.60. The van der Waals surface area contributed by atoms with Crippen molar-refractivity contribution in [1.82, 2.24) is 24.7 Å². The first kappa shape index (κ1) is 12.3. The van der Waals surface area contributed by atoms with Crippen molar-refractivity contribution in [3.63, 3.8) is 0 Å². The first-order chi connectivity index (χ1) is 9.10. The van der Waals surface area contributed by atoms with E-state index in [0.29, 0.717) is 22.1 Å². The normalized spacial score (nSPS) is 11.3. The van der Waals surface area contributed by atoms with E-state index >= 15 is 0 Å². The summed E-state index contributed by atoms with van der Waals surface area (Å²) in [5.41, 5.74) is 0.157. The lowest BCUT2D eigenvalue weighted by Crippen LogP contribution is -2.20. The molecular formula is C10H9N5O2S2. The summed E-state index contributed by atoms with van der Waals surface area (Å²) in [6.45, 7) is 1.69. The minimum absolute atomic E-state index is 0.215. The van der Waals surface area contributed by atoms with Crippen molar-refractivity contribution in [2.75, 3.05) is 6.26 Å². The third-order valence-electron chi connectivity index (χ3n) is 2.51. The number of hydrogen-bond donors (Lipinski definition) is 0. The van der Waals surface area contributed by atoms with Gasteiger partial charge in [0.15, 0.2) is 14.7 Å². The van der Waals surface area contributed by atoms with E-state index in [2.05, 4.69) is 20.2 Å². The highest BCUT2D eigenvalue weighted by molar-refractivity contribution is 8.00. The number of fused-ring (bicyclic) bond motifs is 1. The highest BCUT2D eigenvalue weighted by Gasteiger charge is 2.17. The van der Waals surface area contributed by atoms with Gasteiger partial charge in [0.05, 0.1) is 0 Å². The molecule has 0 atom stereocenters. The van der Waals surface area contributed by atoms with Gasteiger partial charge in [-0.1, -0.05) is 23.1 Å². The number of hydrogen-bond acceptors (Lipinski definition) is 8. The fourth-order valence-corrected chi connectivity index (χ4v) is 3.02. The lowest BCUT2D eigenvalue weighted by Gasteiger charge is -2.01. The zero-order valence-electron chi connectivity index (χ0n) is 10.4. The summed E-state index contributed by atoms with van der Waals surface area (Å²) >= 11 is 2.86. The zero-order chi connectivity index (χ0) is 13.6. The smallest absolute Gasteiger partial charge is 0.284 e. The van der Waals surface area contributed by atoms with Crippen LogP contribution in [0.25, 0.3) is 22.1 Å². The maximum Gasteiger partial charge on any atom is 0.284 e. The van der Waals surface area contributed by atoms with E-state index in [0.717, 1.165) is 4.34 Å². The van der Waals surface area contributed by atoms with Crippen LogP contribution in [0.5, 0.6) is 0 Å². The molecule has 0 bridgehead atoms. The Labute approximate surface area is 115 Å². The second-order valence-electron chi connectivity index (χ2n) is 3.76. The Hall–Kier alpha value is -1.74. The molecule has 0 radical (unpaired) electrons. The summed E-state index contributed by atoms with van der Waals surface area (Å²) in [5.74, 6) is 1.02. The molecule has 0 amide bonds. The van der Waals surface area contributed by atoms with E-state index in [9.17, 15) is 4.79 Å². The first-order valence-electron chi connectivity index (χ1n) is 5.32. The highest BCUT2D eigenvalue weighted by atomic mass is 32.2. The average molecular weight is 295 g/mol. The SMILES string of the molecule is CSc1nc2c(=O)n(C)c(-c3nnc(C)o3)nc2s1. The topological polar surface area (TPSA) is 86.7 Å². The van der Waals surface area contributed by atoms with Crippen LogP contribution in [0.2, 0.25) is 0 Å². The van der Waals surface area contributed by atoms with Gasteiger partial charge in [-0.05, 0) is 6.26 Å². The molecule has 9 heteroatoms. The maximum atomic E-state index is 12.2. The van der Waals surface area contributed by atoms with Crippen LogP contribution >= 0.6 is 23.1 Å². The van der Waals surface area contributed by atoms with Crippen molar-refractivity contribution in [1.29, 1.82) is 0 Å². The predicted molar refractivity (Wildman–Crippen MR) is 72.5 cm³/mol. The number of thiazole rings is 1. The Morgan fingerprint density at radius 3 is 2.74 bits per heavy atom. The minimum atomic E-state index is -0.215. The molecule has 0 aliphatic carbocycles. The first-order valence-corrected chi connectivity index (χ1v) is 7.36. The van der Waals surface area contributed by atoms with Crippen LogP contribution in [-0.4, -0.2) is 31.0 Å². The monoisotopic (exact) mass is 295 g/mol. The van der Waals surface area contributed by atoms with Gasteiger partial charge < -0.3 is 4.42 Å². The number of thioether (sulfide) groups is 1. The van der Waals surface area contributed by atoms with Crippen LogP contribution in [0.15, 0.2) is 13.6 Å². The van der Waals surface area contributed by atoms with Gasteiger partial charge in [-0.15, -0.1) is 10.2 Å². The molecule has 0 unspecified atom stereocenters. The summed E-state index contributed by atoms with van der Waals surface area (Å²) in [5, 5.41) is 7.64. The fraction of sp³-hybridized carbons (Fsp3) is 0.300. The molecule has 0 spiro atoms. The Morgan fingerprint density at radius 2 is 2.11 bits per heavy atom. The Balaban J connectivity index is 2.31. The van der Waals surface area contributed by atoms with Gasteiger partial charge in [-0.25, -0.2) is 9.97 Å². The van der Waals surface area contributed by atoms with Crippen LogP contribution in [0, 0.1) is 6.92 Å². The maximum absolute atomic E-state index is 12.2. The van der Waals surface area contributed by atoms with Gasteiger partial charge in [0, 0.05) is 14.0 Å². The summed E-state index contributed by atoms with van der Waals surface area (Å²) < 4.78 is 7.50. The average Bonchev–Trinajstić information content (AvgIpc) is 2.99. The van der Waals surface area contributed by atoms with Crippen molar-refractivity contribution >= 4 is 33.4 Å². The van der Waals surface area contributed by atoms with Gasteiger partial charge in [-0.3, -0.25) is 9.36 Å². The Kier molecular flexibility index (Phi) is 2.86. The lowest BCUT2D eigenvalue weighted by atomic mass is 10.5. The number of nitrogens with zero attached hydrogens (tertiary/aromatic N) is 5. The highest BCUT2D eigenvalue weighted by Crippen LogP contribution is 2.26. The van der Waals surface area contributed by atoms with Crippen molar-refractivity contribution < 1.29 is 4.42 Å². The van der Waals surface area contributed by atoms with Crippen LogP contribution in [0.4, 0.5) is 0 Å². The Morgan fingerprint density at radius 1 is 1.32 bits per heavy atom. The molecule has 7 nitrogen and oxygen atoms in total. The van der Waals surface area contributed by atoms with Gasteiger partial charge in [0.25, 0.3) is 11.4 Å². The molecule has 3 rings (SSSR count). The van der Waals surface area contributed by atoms with E-state index in [4.69, 9.17) is 4.42 Å². The predicted octanol–water partition coefficient (Wildman–Crippen LogP) is 1.47. The van der Waals surface area contributed by atoms with Crippen molar-refractivity contribution in [3.05, 3.63) is 16.2 Å². The van der Waals surface area contributed by atoms with E-state index in [1.807, 2.05) is 6.26 Å². The Bertz CT molecular complexity index is 819. The summed E-state index contributed by atoms with van der Waals surface area (Å²) in [6, 6.07) is 0. The lowest BCUT2D eigenvalue weighted by molar-refractivity contribution is 0.525. The quantitative estimate of drug-likeness (QED) is 0.661. The largest absolute Gasteiger partial charge is 0.419 e. The molecule has 3 aromatic heterocycles. The third-order valence-corrected chi connectivity index (χ3v) is 4.45. The molecule has 0 saturated heterocycles. The molecule has 3 aromatic rings. The zero-order valence-corrected chi connectivity index (χ0v) is 12.0. The number of rotatable bonds is 2. The summed E-state index contributed by atoms with van der Waals surface area (Å²) in [7, 11) is 1.61. The van der Waals surface area contributed by atoms with Crippen molar-refractivity contribution in [2.24, 2.45) is 7.05 Å². The van der Waals surface area contributed by atoms with Gasteiger partial charge in [-0.2, -0.15) is 0 Å². The van der Waals surface area contributed by atoms with Crippen molar-refractivity contribution in [3.8, 4) is 11.7 Å². The van der Waals surface area contributed by atoms with E-state index in [1.54, 1.807) is 14.0 Å². The van der Waals surface area contributed by atoms with E-state index in [1.165, 1.54) is 27.7 Å². The van der Waals surface area contributed by atoms with Gasteiger partial charge in [0.2, 0.25) is 11.7 Å². The van der Waals surface area contributed by atoms with Gasteiger partial charge in [0.1, 0.15) is 0 Å². The molecule has 0 saturated carbocycles. The molecule has 0 fully saturated rings. The molecular weight excluding hydrogens is 286 g/mol. The van der Waals surface area contributed by atoms with Crippen LogP contribution in [-0.2, 0) is 7.05 Å². The third kappa shape index (κ3) is 1.94. The minimum Gasteiger partial charge on any atom is -0.419 e. The van der Waals surface area contributed by atoms with Crippen molar-refractivity contribution in [2.45, 2.75) is 11.3 Å². The summed E-state index contributed by atoms with van der Waals surface area (Å²) in [6.07, 6.45) is 1.91. The van der Waals surface area contributed by atoms with E-state index in [-0.39, 0.29) is 11.4 Å². The number of aryl methyl sites for hydroxylation is 1.